The molecule has 2 rings (SSSR count). The van der Waals surface area contributed by atoms with E-state index in [0.29, 0.717) is 26.9 Å². The highest BCUT2D eigenvalue weighted by Crippen LogP contribution is 2.27. The first-order valence-corrected chi connectivity index (χ1v) is 6.51. The maximum Gasteiger partial charge on any atom is 0.163 e. The number of ketones is 1. The SMILES string of the molecule is CC(=O)c1ccccc1OCc1c(Cl)cccc1Cl. The topological polar surface area (TPSA) is 26.3 Å². The normalized spacial score (nSPS) is 10.3. The Morgan fingerprint density at radius 2 is 1.68 bits per heavy atom. The summed E-state index contributed by atoms with van der Waals surface area (Å²) in [6, 6.07) is 12.4. The molecule has 2 aromatic carbocycles. The van der Waals surface area contributed by atoms with E-state index in [-0.39, 0.29) is 12.4 Å². The van der Waals surface area contributed by atoms with Crippen molar-refractivity contribution in [3.8, 4) is 5.75 Å². The number of benzene rings is 2. The van der Waals surface area contributed by atoms with E-state index in [9.17, 15) is 4.79 Å². The van der Waals surface area contributed by atoms with E-state index in [1.807, 2.05) is 6.07 Å². The van der Waals surface area contributed by atoms with Crippen molar-refractivity contribution in [2.45, 2.75) is 13.5 Å². The van der Waals surface area contributed by atoms with E-state index in [4.69, 9.17) is 27.9 Å². The number of halogens is 2. The van der Waals surface area contributed by atoms with Gasteiger partial charge < -0.3 is 4.74 Å². The van der Waals surface area contributed by atoms with E-state index in [1.54, 1.807) is 36.4 Å². The molecule has 0 fully saturated rings. The largest absolute Gasteiger partial charge is 0.488 e. The van der Waals surface area contributed by atoms with Crippen LogP contribution < -0.4 is 4.74 Å². The summed E-state index contributed by atoms with van der Waals surface area (Å²) >= 11 is 12.1. The predicted molar refractivity (Wildman–Crippen MR) is 77.2 cm³/mol. The van der Waals surface area contributed by atoms with E-state index in [2.05, 4.69) is 0 Å². The molecule has 0 aromatic heterocycles. The molecule has 0 N–H and O–H groups in total. The van der Waals surface area contributed by atoms with Crippen molar-refractivity contribution in [2.75, 3.05) is 0 Å². The van der Waals surface area contributed by atoms with Gasteiger partial charge in [-0.3, -0.25) is 4.79 Å². The Kier molecular flexibility index (Phi) is 4.46. The Labute approximate surface area is 121 Å². The van der Waals surface area contributed by atoms with Gasteiger partial charge in [-0.1, -0.05) is 41.4 Å². The summed E-state index contributed by atoms with van der Waals surface area (Å²) in [5.74, 6) is 0.492. The Hall–Kier alpha value is -1.51. The summed E-state index contributed by atoms with van der Waals surface area (Å²) < 4.78 is 5.66. The number of ether oxygens (including phenoxy) is 1. The highest BCUT2D eigenvalue weighted by molar-refractivity contribution is 6.35. The maximum atomic E-state index is 11.5. The molecule has 2 nitrogen and oxygen atoms in total. The van der Waals surface area contributed by atoms with Crippen LogP contribution in [-0.2, 0) is 6.61 Å². The minimum absolute atomic E-state index is 0.0409. The molecule has 0 unspecified atom stereocenters. The van der Waals surface area contributed by atoms with Crippen LogP contribution in [0.3, 0.4) is 0 Å². The lowest BCUT2D eigenvalue weighted by Crippen LogP contribution is -2.02. The highest BCUT2D eigenvalue weighted by atomic mass is 35.5. The average molecular weight is 295 g/mol. The summed E-state index contributed by atoms with van der Waals surface area (Å²) in [6.45, 7) is 1.73. The van der Waals surface area contributed by atoms with E-state index >= 15 is 0 Å². The third-order valence-corrected chi connectivity index (χ3v) is 3.41. The van der Waals surface area contributed by atoms with Crippen molar-refractivity contribution in [1.29, 1.82) is 0 Å². The summed E-state index contributed by atoms with van der Waals surface area (Å²) in [6.07, 6.45) is 0. The molecule has 0 aliphatic carbocycles. The van der Waals surface area contributed by atoms with Crippen molar-refractivity contribution in [1.82, 2.24) is 0 Å². The van der Waals surface area contributed by atoms with Crippen molar-refractivity contribution in [3.63, 3.8) is 0 Å². The molecule has 0 heterocycles. The minimum atomic E-state index is -0.0409. The fourth-order valence-electron chi connectivity index (χ4n) is 1.70. The molecule has 4 heteroatoms. The lowest BCUT2D eigenvalue weighted by molar-refractivity contribution is 0.101. The van der Waals surface area contributed by atoms with Crippen LogP contribution in [0.5, 0.6) is 5.75 Å². The molecule has 98 valence electrons. The van der Waals surface area contributed by atoms with Gasteiger partial charge in [-0.25, -0.2) is 0 Å². The molecule has 0 bridgehead atoms. The van der Waals surface area contributed by atoms with Gasteiger partial charge in [-0.2, -0.15) is 0 Å². The maximum absolute atomic E-state index is 11.5. The van der Waals surface area contributed by atoms with E-state index < -0.39 is 0 Å². The number of carbonyl (C=O) groups is 1. The fraction of sp³-hybridized carbons (Fsp3) is 0.133. The lowest BCUT2D eigenvalue weighted by Gasteiger charge is -2.11. The van der Waals surface area contributed by atoms with Gasteiger partial charge in [0.2, 0.25) is 0 Å². The zero-order valence-electron chi connectivity index (χ0n) is 10.3. The number of carbonyl (C=O) groups excluding carboxylic acids is 1. The van der Waals surface area contributed by atoms with Crippen LogP contribution in [0, 0.1) is 0 Å². The number of para-hydroxylation sites is 1. The molecule has 19 heavy (non-hydrogen) atoms. The lowest BCUT2D eigenvalue weighted by atomic mass is 10.1. The predicted octanol–water partition coefficient (Wildman–Crippen LogP) is 4.78. The molecular weight excluding hydrogens is 283 g/mol. The molecule has 0 amide bonds. The molecule has 0 radical (unpaired) electrons. The summed E-state index contributed by atoms with van der Waals surface area (Å²) in [5.41, 5.74) is 1.26. The van der Waals surface area contributed by atoms with Gasteiger partial charge in [0.15, 0.2) is 5.78 Å². The Bertz CT molecular complexity index is 589. The van der Waals surface area contributed by atoms with Crippen LogP contribution >= 0.6 is 23.2 Å². The second-order valence-electron chi connectivity index (χ2n) is 4.04. The second kappa shape index (κ2) is 6.09. The third kappa shape index (κ3) is 3.28. The van der Waals surface area contributed by atoms with Crippen LogP contribution in [0.15, 0.2) is 42.5 Å². The Morgan fingerprint density at radius 1 is 1.05 bits per heavy atom. The molecule has 2 aromatic rings. The Balaban J connectivity index is 2.22. The van der Waals surface area contributed by atoms with Crippen LogP contribution in [0.4, 0.5) is 0 Å². The number of Topliss-reactive ketones (excluding diaryl/α,β-unsaturated/α-hetero) is 1. The van der Waals surface area contributed by atoms with Crippen molar-refractivity contribution >= 4 is 29.0 Å². The molecule has 0 spiro atoms. The van der Waals surface area contributed by atoms with Gasteiger partial charge in [0.1, 0.15) is 12.4 Å². The number of hydrogen-bond acceptors (Lipinski definition) is 2. The monoisotopic (exact) mass is 294 g/mol. The summed E-state index contributed by atoms with van der Waals surface area (Å²) in [5, 5.41) is 1.10. The van der Waals surface area contributed by atoms with Crippen molar-refractivity contribution in [2.24, 2.45) is 0 Å². The first-order chi connectivity index (χ1) is 9.09. The molecule has 0 atom stereocenters. The molecule has 0 aliphatic heterocycles. The van der Waals surface area contributed by atoms with Gasteiger partial charge in [0, 0.05) is 15.6 Å². The standard InChI is InChI=1S/C15H12Cl2O2/c1-10(18)11-5-2-3-8-15(11)19-9-12-13(16)6-4-7-14(12)17/h2-8H,9H2,1H3. The summed E-state index contributed by atoms with van der Waals surface area (Å²) in [4.78, 5) is 11.5. The molecule has 0 saturated carbocycles. The van der Waals surface area contributed by atoms with Crippen molar-refractivity contribution < 1.29 is 9.53 Å². The zero-order chi connectivity index (χ0) is 13.8. The zero-order valence-corrected chi connectivity index (χ0v) is 11.8. The van der Waals surface area contributed by atoms with Crippen LogP contribution in [-0.4, -0.2) is 5.78 Å². The van der Waals surface area contributed by atoms with Crippen molar-refractivity contribution in [3.05, 3.63) is 63.6 Å². The van der Waals surface area contributed by atoms with E-state index in [1.165, 1.54) is 6.92 Å². The van der Waals surface area contributed by atoms with Gasteiger partial charge in [0.25, 0.3) is 0 Å². The van der Waals surface area contributed by atoms with Crippen LogP contribution in [0.2, 0.25) is 10.0 Å². The van der Waals surface area contributed by atoms with Crippen LogP contribution in [0.25, 0.3) is 0 Å². The van der Waals surface area contributed by atoms with Gasteiger partial charge >= 0.3 is 0 Å². The first kappa shape index (κ1) is 13.9. The van der Waals surface area contributed by atoms with Crippen LogP contribution in [0.1, 0.15) is 22.8 Å². The number of hydrogen-bond donors (Lipinski definition) is 0. The molecule has 0 saturated heterocycles. The Morgan fingerprint density at radius 3 is 2.32 bits per heavy atom. The number of rotatable bonds is 4. The third-order valence-electron chi connectivity index (χ3n) is 2.70. The quantitative estimate of drug-likeness (QED) is 0.759. The molecular formula is C15H12Cl2O2. The average Bonchev–Trinajstić information content (AvgIpc) is 2.38. The minimum Gasteiger partial charge on any atom is -0.488 e. The molecule has 0 aliphatic rings. The van der Waals surface area contributed by atoms with Gasteiger partial charge in [-0.15, -0.1) is 0 Å². The highest BCUT2D eigenvalue weighted by Gasteiger charge is 2.10. The van der Waals surface area contributed by atoms with Gasteiger partial charge in [-0.05, 0) is 31.2 Å². The fourth-order valence-corrected chi connectivity index (χ4v) is 2.21. The summed E-state index contributed by atoms with van der Waals surface area (Å²) in [7, 11) is 0. The first-order valence-electron chi connectivity index (χ1n) is 5.75. The smallest absolute Gasteiger partial charge is 0.163 e. The van der Waals surface area contributed by atoms with E-state index in [0.717, 1.165) is 0 Å². The second-order valence-corrected chi connectivity index (χ2v) is 4.86. The van der Waals surface area contributed by atoms with Gasteiger partial charge in [0.05, 0.1) is 5.56 Å².